The molecule has 1 aliphatic carbocycles. The molecule has 2 fully saturated rings. The van der Waals surface area contributed by atoms with Gasteiger partial charge in [0.2, 0.25) is 0 Å². The number of rotatable bonds is 2. The minimum Gasteiger partial charge on any atom is -0.396 e. The Kier molecular flexibility index (Phi) is 2.55. The van der Waals surface area contributed by atoms with Gasteiger partial charge >= 0.3 is 0 Å². The van der Waals surface area contributed by atoms with Crippen LogP contribution in [0.1, 0.15) is 12.8 Å². The second kappa shape index (κ2) is 3.53. The van der Waals surface area contributed by atoms with Gasteiger partial charge in [0.1, 0.15) is 0 Å². The molecule has 1 aliphatic heterocycles. The summed E-state index contributed by atoms with van der Waals surface area (Å²) < 4.78 is 11.1. The zero-order chi connectivity index (χ0) is 9.31. The zero-order valence-corrected chi connectivity index (χ0v) is 7.61. The van der Waals surface area contributed by atoms with Gasteiger partial charge in [0.25, 0.3) is 0 Å². The third kappa shape index (κ3) is 1.38. The Hall–Kier alpha value is -0.160. The van der Waals surface area contributed by atoms with Crippen LogP contribution in [-0.2, 0) is 9.47 Å². The van der Waals surface area contributed by atoms with Crippen LogP contribution in [0.2, 0.25) is 0 Å². The second-order valence-electron chi connectivity index (χ2n) is 3.78. The van der Waals surface area contributed by atoms with Crippen LogP contribution in [0.5, 0.6) is 0 Å². The molecule has 2 rings (SSSR count). The monoisotopic (exact) mass is 188 g/mol. The van der Waals surface area contributed by atoms with E-state index in [0.717, 1.165) is 12.8 Å². The van der Waals surface area contributed by atoms with Gasteiger partial charge in [-0.3, -0.25) is 0 Å². The van der Waals surface area contributed by atoms with Gasteiger partial charge in [-0.2, -0.15) is 0 Å². The molecule has 0 bridgehead atoms. The van der Waals surface area contributed by atoms with Crippen molar-refractivity contribution in [2.45, 2.75) is 18.6 Å². The van der Waals surface area contributed by atoms with Crippen molar-refractivity contribution < 1.29 is 19.7 Å². The molecular weight excluding hydrogens is 172 g/mol. The maximum Gasteiger partial charge on any atom is 0.173 e. The number of ether oxygens (including phenoxy) is 2. The first-order valence-corrected chi connectivity index (χ1v) is 4.82. The first kappa shape index (κ1) is 9.40. The van der Waals surface area contributed by atoms with Crippen LogP contribution in [0.3, 0.4) is 0 Å². The molecule has 4 heteroatoms. The van der Waals surface area contributed by atoms with E-state index in [9.17, 15) is 5.11 Å². The summed E-state index contributed by atoms with van der Waals surface area (Å²) in [4.78, 5) is 0. The molecule has 0 aromatic rings. The Bertz CT molecular complexity index is 176. The summed E-state index contributed by atoms with van der Waals surface area (Å²) in [6, 6.07) is 0. The molecule has 2 unspecified atom stereocenters. The summed E-state index contributed by atoms with van der Waals surface area (Å²) in [7, 11) is 0. The van der Waals surface area contributed by atoms with Crippen molar-refractivity contribution in [3.05, 3.63) is 0 Å². The number of hydrogen-bond donors (Lipinski definition) is 2. The molecule has 13 heavy (non-hydrogen) atoms. The van der Waals surface area contributed by atoms with Crippen LogP contribution in [0.15, 0.2) is 0 Å². The summed E-state index contributed by atoms with van der Waals surface area (Å²) >= 11 is 0. The fourth-order valence-electron chi connectivity index (χ4n) is 2.47. The van der Waals surface area contributed by atoms with Crippen molar-refractivity contribution in [3.8, 4) is 0 Å². The van der Waals surface area contributed by atoms with Gasteiger partial charge in [-0.15, -0.1) is 0 Å². The molecule has 0 radical (unpaired) electrons. The molecule has 1 heterocycles. The summed E-state index contributed by atoms with van der Waals surface area (Å²) in [5, 5.41) is 18.3. The smallest absolute Gasteiger partial charge is 0.173 e. The molecular formula is C9H16O4. The summed E-state index contributed by atoms with van der Waals surface area (Å²) in [5.41, 5.74) is 0. The van der Waals surface area contributed by atoms with Crippen molar-refractivity contribution >= 4 is 0 Å². The Morgan fingerprint density at radius 2 is 1.85 bits per heavy atom. The van der Waals surface area contributed by atoms with Crippen LogP contribution in [0, 0.1) is 11.8 Å². The van der Waals surface area contributed by atoms with Crippen molar-refractivity contribution in [3.63, 3.8) is 0 Å². The molecule has 4 nitrogen and oxygen atoms in total. The average Bonchev–Trinajstić information content (AvgIpc) is 2.74. The van der Waals surface area contributed by atoms with Crippen molar-refractivity contribution in [2.24, 2.45) is 11.8 Å². The summed E-state index contributed by atoms with van der Waals surface area (Å²) in [6.45, 7) is 1.36. The van der Waals surface area contributed by atoms with Crippen LogP contribution in [0.4, 0.5) is 0 Å². The Morgan fingerprint density at radius 3 is 2.38 bits per heavy atom. The summed E-state index contributed by atoms with van der Waals surface area (Å²) in [6.07, 6.45) is 1.67. The van der Waals surface area contributed by atoms with Crippen LogP contribution in [0.25, 0.3) is 0 Å². The largest absolute Gasteiger partial charge is 0.396 e. The number of aliphatic hydroxyl groups excluding tert-OH is 2. The van der Waals surface area contributed by atoms with Crippen molar-refractivity contribution in [1.29, 1.82) is 0 Å². The zero-order valence-electron chi connectivity index (χ0n) is 7.61. The van der Waals surface area contributed by atoms with Gasteiger partial charge in [0, 0.05) is 18.9 Å². The Balaban J connectivity index is 2.11. The highest BCUT2D eigenvalue weighted by atomic mass is 16.7. The molecule has 1 saturated carbocycles. The highest BCUT2D eigenvalue weighted by Gasteiger charge is 2.52. The predicted molar refractivity (Wildman–Crippen MR) is 45.0 cm³/mol. The second-order valence-corrected chi connectivity index (χ2v) is 3.78. The molecule has 0 aromatic carbocycles. The molecule has 0 amide bonds. The molecule has 1 saturated heterocycles. The number of aliphatic hydroxyl groups is 2. The van der Waals surface area contributed by atoms with E-state index in [4.69, 9.17) is 14.6 Å². The van der Waals surface area contributed by atoms with E-state index in [0.29, 0.717) is 13.2 Å². The van der Waals surface area contributed by atoms with E-state index in [2.05, 4.69) is 0 Å². The van der Waals surface area contributed by atoms with Gasteiger partial charge in [0.05, 0.1) is 19.8 Å². The molecule has 2 N–H and O–H groups in total. The van der Waals surface area contributed by atoms with E-state index >= 15 is 0 Å². The maximum atomic E-state index is 9.22. The predicted octanol–water partition coefficient (Wildman–Crippen LogP) is -0.260. The van der Waals surface area contributed by atoms with E-state index < -0.39 is 5.79 Å². The lowest BCUT2D eigenvalue weighted by Gasteiger charge is -2.30. The topological polar surface area (TPSA) is 58.9 Å². The van der Waals surface area contributed by atoms with E-state index in [1.807, 2.05) is 0 Å². The van der Waals surface area contributed by atoms with Gasteiger partial charge in [-0.25, -0.2) is 0 Å². The maximum absolute atomic E-state index is 9.22. The first-order chi connectivity index (χ1) is 6.32. The minimum absolute atomic E-state index is 0.0330. The highest BCUT2D eigenvalue weighted by Crippen LogP contribution is 2.45. The van der Waals surface area contributed by atoms with E-state index in [1.165, 1.54) is 0 Å². The Labute approximate surface area is 77.5 Å². The van der Waals surface area contributed by atoms with Gasteiger partial charge in [-0.05, 0) is 12.3 Å². The lowest BCUT2D eigenvalue weighted by molar-refractivity contribution is -0.195. The quantitative estimate of drug-likeness (QED) is 0.627. The van der Waals surface area contributed by atoms with E-state index in [1.54, 1.807) is 0 Å². The SMILES string of the molecule is OCC1CCC2(OCCO2)C1CO. The van der Waals surface area contributed by atoms with Gasteiger partial charge in [-0.1, -0.05) is 0 Å². The van der Waals surface area contributed by atoms with Gasteiger partial charge < -0.3 is 19.7 Å². The van der Waals surface area contributed by atoms with Crippen molar-refractivity contribution in [1.82, 2.24) is 0 Å². The minimum atomic E-state index is -0.581. The lowest BCUT2D eigenvalue weighted by atomic mass is 9.94. The standard InChI is InChI=1S/C9H16O4/c10-5-7-1-2-9(8(7)6-11)12-3-4-13-9/h7-8,10-11H,1-6H2. The van der Waals surface area contributed by atoms with Crippen molar-refractivity contribution in [2.75, 3.05) is 26.4 Å². The van der Waals surface area contributed by atoms with Crippen LogP contribution < -0.4 is 0 Å². The third-order valence-corrected chi connectivity index (χ3v) is 3.20. The molecule has 1 spiro atoms. The van der Waals surface area contributed by atoms with Crippen LogP contribution >= 0.6 is 0 Å². The van der Waals surface area contributed by atoms with Gasteiger partial charge in [0.15, 0.2) is 5.79 Å². The fraction of sp³-hybridized carbons (Fsp3) is 1.00. The molecule has 0 aromatic heterocycles. The van der Waals surface area contributed by atoms with E-state index in [-0.39, 0.29) is 25.0 Å². The average molecular weight is 188 g/mol. The third-order valence-electron chi connectivity index (χ3n) is 3.20. The molecule has 2 aliphatic rings. The first-order valence-electron chi connectivity index (χ1n) is 4.82. The fourth-order valence-corrected chi connectivity index (χ4v) is 2.47. The molecule has 76 valence electrons. The highest BCUT2D eigenvalue weighted by molar-refractivity contribution is 4.93. The number of hydrogen-bond acceptors (Lipinski definition) is 4. The van der Waals surface area contributed by atoms with Crippen LogP contribution in [-0.4, -0.2) is 42.4 Å². The molecule has 2 atom stereocenters. The normalized spacial score (nSPS) is 37.4. The summed E-state index contributed by atoms with van der Waals surface area (Å²) in [5.74, 6) is -0.509. The lowest BCUT2D eigenvalue weighted by Crippen LogP contribution is -2.39. The Morgan fingerprint density at radius 1 is 1.15 bits per heavy atom.